The van der Waals surface area contributed by atoms with Gasteiger partial charge in [-0.25, -0.2) is 13.4 Å². The van der Waals surface area contributed by atoms with Gasteiger partial charge in [-0.1, -0.05) is 6.07 Å². The Balaban J connectivity index is 2.27. The molecule has 1 aromatic carbocycles. The summed E-state index contributed by atoms with van der Waals surface area (Å²) < 4.78 is 27.5. The molecule has 0 atom stereocenters. The van der Waals surface area contributed by atoms with Crippen molar-refractivity contribution in [3.05, 3.63) is 51.7 Å². The first-order chi connectivity index (χ1) is 8.47. The van der Waals surface area contributed by atoms with Gasteiger partial charge in [-0.15, -0.1) is 0 Å². The molecule has 0 aliphatic carbocycles. The second-order valence-corrected chi connectivity index (χ2v) is 6.71. The number of benzene rings is 1. The molecule has 0 bridgehead atoms. The van der Waals surface area contributed by atoms with Gasteiger partial charge in [0, 0.05) is 9.77 Å². The smallest absolute Gasteiger partial charge is 0.263 e. The number of nitrogens with zero attached hydrogens (tertiary/aromatic N) is 1. The minimum absolute atomic E-state index is 0.227. The summed E-state index contributed by atoms with van der Waals surface area (Å²) in [5, 5.41) is 0. The highest BCUT2D eigenvalue weighted by Gasteiger charge is 2.14. The molecule has 0 aliphatic heterocycles. The van der Waals surface area contributed by atoms with E-state index in [0.717, 1.165) is 9.13 Å². The average molecular weight is 374 g/mol. The molecule has 6 heteroatoms. The van der Waals surface area contributed by atoms with Gasteiger partial charge in [0.2, 0.25) is 0 Å². The Morgan fingerprint density at radius 2 is 1.78 bits per heavy atom. The highest BCUT2D eigenvalue weighted by molar-refractivity contribution is 14.1. The lowest BCUT2D eigenvalue weighted by molar-refractivity contribution is 0.601. The van der Waals surface area contributed by atoms with E-state index in [4.69, 9.17) is 0 Å². The van der Waals surface area contributed by atoms with Crippen LogP contribution in [0.5, 0.6) is 0 Å². The topological polar surface area (TPSA) is 59.1 Å². The van der Waals surface area contributed by atoms with E-state index < -0.39 is 10.0 Å². The van der Waals surface area contributed by atoms with Crippen LogP contribution < -0.4 is 4.72 Å². The fourth-order valence-corrected chi connectivity index (χ4v) is 2.71. The zero-order valence-corrected chi connectivity index (χ0v) is 12.6. The lowest BCUT2D eigenvalue weighted by Crippen LogP contribution is -2.13. The number of hydrogen-bond acceptors (Lipinski definition) is 3. The summed E-state index contributed by atoms with van der Waals surface area (Å²) in [6.45, 7) is 1.89. The summed E-state index contributed by atoms with van der Waals surface area (Å²) >= 11 is 2.12. The predicted molar refractivity (Wildman–Crippen MR) is 78.9 cm³/mol. The van der Waals surface area contributed by atoms with E-state index in [9.17, 15) is 8.42 Å². The van der Waals surface area contributed by atoms with Gasteiger partial charge >= 0.3 is 0 Å². The molecule has 0 saturated heterocycles. The summed E-state index contributed by atoms with van der Waals surface area (Å²) in [5.74, 6) is 0.319. The average Bonchev–Trinajstić information content (AvgIpc) is 2.32. The third-order valence-electron chi connectivity index (χ3n) is 2.27. The highest BCUT2D eigenvalue weighted by Crippen LogP contribution is 2.15. The molecule has 0 aliphatic rings. The first-order valence-electron chi connectivity index (χ1n) is 5.18. The minimum atomic E-state index is -3.56. The molecule has 94 valence electrons. The first-order valence-corrected chi connectivity index (χ1v) is 7.75. The van der Waals surface area contributed by atoms with Crippen molar-refractivity contribution in [2.75, 3.05) is 4.72 Å². The molecule has 0 unspecified atom stereocenters. The van der Waals surface area contributed by atoms with Gasteiger partial charge in [0.25, 0.3) is 10.0 Å². The first kappa shape index (κ1) is 13.3. The van der Waals surface area contributed by atoms with Crippen LogP contribution in [0.4, 0.5) is 5.82 Å². The fraction of sp³-hybridized carbons (Fsp3) is 0.0833. The number of hydrogen-bond donors (Lipinski definition) is 1. The predicted octanol–water partition coefficient (Wildman–Crippen LogP) is 2.80. The molecule has 1 N–H and O–H groups in total. The van der Waals surface area contributed by atoms with Gasteiger partial charge in [0.1, 0.15) is 5.82 Å². The molecule has 1 heterocycles. The van der Waals surface area contributed by atoms with E-state index in [2.05, 4.69) is 32.3 Å². The monoisotopic (exact) mass is 374 g/mol. The van der Waals surface area contributed by atoms with Crippen molar-refractivity contribution in [2.45, 2.75) is 11.8 Å². The van der Waals surface area contributed by atoms with E-state index in [1.54, 1.807) is 42.6 Å². The Morgan fingerprint density at radius 1 is 1.11 bits per heavy atom. The van der Waals surface area contributed by atoms with Crippen LogP contribution in [-0.4, -0.2) is 13.4 Å². The van der Waals surface area contributed by atoms with Crippen molar-refractivity contribution < 1.29 is 8.42 Å². The summed E-state index contributed by atoms with van der Waals surface area (Å²) in [5.41, 5.74) is 0.979. The van der Waals surface area contributed by atoms with Crippen molar-refractivity contribution in [1.82, 2.24) is 4.98 Å². The Labute approximate surface area is 120 Å². The molecular formula is C12H11IN2O2S. The van der Waals surface area contributed by atoms with Gasteiger partial charge in [0.05, 0.1) is 4.90 Å². The lowest BCUT2D eigenvalue weighted by atomic mass is 10.3. The fourth-order valence-electron chi connectivity index (χ4n) is 1.34. The maximum Gasteiger partial charge on any atom is 0.263 e. The van der Waals surface area contributed by atoms with Crippen LogP contribution in [0, 0.1) is 10.5 Å². The highest BCUT2D eigenvalue weighted by atomic mass is 127. The molecule has 0 amide bonds. The maximum absolute atomic E-state index is 12.0. The Kier molecular flexibility index (Phi) is 3.86. The molecule has 2 aromatic rings. The summed E-state index contributed by atoms with van der Waals surface area (Å²) in [4.78, 5) is 4.24. The molecule has 0 saturated carbocycles. The SMILES string of the molecule is Cc1ccc(NS(=O)(=O)c2ccc(I)cc2)nc1. The van der Waals surface area contributed by atoms with Crippen LogP contribution in [-0.2, 0) is 10.0 Å². The number of pyridine rings is 1. The molecule has 2 rings (SSSR count). The molecule has 1 aromatic heterocycles. The van der Waals surface area contributed by atoms with Gasteiger partial charge in [-0.2, -0.15) is 0 Å². The number of anilines is 1. The van der Waals surface area contributed by atoms with Gasteiger partial charge in [-0.3, -0.25) is 4.72 Å². The number of aryl methyl sites for hydroxylation is 1. The number of aromatic nitrogens is 1. The van der Waals surface area contributed by atoms with E-state index in [0.29, 0.717) is 5.82 Å². The Bertz CT molecular complexity index is 637. The van der Waals surface area contributed by atoms with Crippen LogP contribution in [0.1, 0.15) is 5.56 Å². The number of sulfonamides is 1. The summed E-state index contributed by atoms with van der Waals surface area (Å²) in [6.07, 6.45) is 1.62. The molecule has 0 spiro atoms. The Morgan fingerprint density at radius 3 is 2.33 bits per heavy atom. The molecule has 0 radical (unpaired) electrons. The number of rotatable bonds is 3. The van der Waals surface area contributed by atoms with Crippen molar-refractivity contribution in [2.24, 2.45) is 0 Å². The summed E-state index contributed by atoms with van der Waals surface area (Å²) in [7, 11) is -3.56. The standard InChI is InChI=1S/C12H11IN2O2S/c1-9-2-7-12(14-8-9)15-18(16,17)11-5-3-10(13)4-6-11/h2-8H,1H3,(H,14,15). The zero-order valence-electron chi connectivity index (χ0n) is 9.59. The number of halogens is 1. The van der Waals surface area contributed by atoms with Gasteiger partial charge in [-0.05, 0) is 65.4 Å². The zero-order chi connectivity index (χ0) is 13.2. The minimum Gasteiger partial charge on any atom is -0.263 e. The molecule has 4 nitrogen and oxygen atoms in total. The van der Waals surface area contributed by atoms with Crippen LogP contribution in [0.15, 0.2) is 47.5 Å². The number of nitrogens with one attached hydrogen (secondary N) is 1. The normalized spacial score (nSPS) is 11.2. The van der Waals surface area contributed by atoms with Crippen molar-refractivity contribution >= 4 is 38.4 Å². The Hall–Kier alpha value is -1.15. The molecule has 18 heavy (non-hydrogen) atoms. The van der Waals surface area contributed by atoms with Gasteiger partial charge in [0.15, 0.2) is 0 Å². The van der Waals surface area contributed by atoms with E-state index in [1.165, 1.54) is 0 Å². The largest absolute Gasteiger partial charge is 0.263 e. The molecular weight excluding hydrogens is 363 g/mol. The van der Waals surface area contributed by atoms with Crippen LogP contribution in [0.25, 0.3) is 0 Å². The quantitative estimate of drug-likeness (QED) is 0.841. The van der Waals surface area contributed by atoms with Gasteiger partial charge < -0.3 is 0 Å². The second kappa shape index (κ2) is 5.23. The van der Waals surface area contributed by atoms with Crippen LogP contribution in [0.3, 0.4) is 0 Å². The third kappa shape index (κ3) is 3.20. The maximum atomic E-state index is 12.0. The van der Waals surface area contributed by atoms with Crippen molar-refractivity contribution in [3.8, 4) is 0 Å². The summed E-state index contributed by atoms with van der Waals surface area (Å²) in [6, 6.07) is 10.1. The third-order valence-corrected chi connectivity index (χ3v) is 4.36. The molecule has 0 fully saturated rings. The van der Waals surface area contributed by atoms with E-state index >= 15 is 0 Å². The van der Waals surface area contributed by atoms with E-state index in [-0.39, 0.29) is 4.90 Å². The van der Waals surface area contributed by atoms with Crippen molar-refractivity contribution in [3.63, 3.8) is 0 Å². The van der Waals surface area contributed by atoms with Crippen molar-refractivity contribution in [1.29, 1.82) is 0 Å². The lowest BCUT2D eigenvalue weighted by Gasteiger charge is -2.07. The van der Waals surface area contributed by atoms with Crippen LogP contribution >= 0.6 is 22.6 Å². The van der Waals surface area contributed by atoms with Crippen LogP contribution in [0.2, 0.25) is 0 Å². The van der Waals surface area contributed by atoms with E-state index in [1.807, 2.05) is 6.92 Å². The second-order valence-electron chi connectivity index (χ2n) is 3.78.